The van der Waals surface area contributed by atoms with Crippen LogP contribution in [0.2, 0.25) is 0 Å². The van der Waals surface area contributed by atoms with Gasteiger partial charge < -0.3 is 14.7 Å². The molecule has 1 aromatic heterocycles. The molecule has 2 N–H and O–H groups in total. The molecule has 0 aromatic carbocycles. The van der Waals surface area contributed by atoms with Crippen LogP contribution in [0.4, 0.5) is 0 Å². The van der Waals surface area contributed by atoms with Gasteiger partial charge in [-0.3, -0.25) is 9.59 Å². The fourth-order valence-electron chi connectivity index (χ4n) is 1.06. The smallest absolute Gasteiger partial charge is 0.303 e. The van der Waals surface area contributed by atoms with Crippen LogP contribution in [0, 0.1) is 0 Å². The van der Waals surface area contributed by atoms with Crippen molar-refractivity contribution >= 4 is 11.9 Å². The summed E-state index contributed by atoms with van der Waals surface area (Å²) < 4.78 is 4.84. The quantitative estimate of drug-likeness (QED) is 0.721. The molecule has 1 heterocycles. The summed E-state index contributed by atoms with van der Waals surface area (Å²) in [4.78, 5) is 20.5. The molecule has 0 fully saturated rings. The van der Waals surface area contributed by atoms with Crippen LogP contribution in [0.5, 0.6) is 0 Å². The van der Waals surface area contributed by atoms with E-state index in [2.05, 4.69) is 5.16 Å². The number of aromatic nitrogens is 1. The van der Waals surface area contributed by atoms with Crippen LogP contribution in [0.15, 0.2) is 10.6 Å². The van der Waals surface area contributed by atoms with Crippen LogP contribution in [0.25, 0.3) is 0 Å². The molecule has 0 aliphatic heterocycles. The molecule has 0 bridgehead atoms. The molecule has 0 atom stereocenters. The minimum absolute atomic E-state index is 0.00902. The van der Waals surface area contributed by atoms with Crippen molar-refractivity contribution in [1.29, 1.82) is 0 Å². The number of aliphatic carboxylic acids is 2. The molecule has 6 nitrogen and oxygen atoms in total. The largest absolute Gasteiger partial charge is 0.481 e. The maximum absolute atomic E-state index is 10.3. The zero-order valence-electron chi connectivity index (χ0n) is 7.97. The van der Waals surface area contributed by atoms with Gasteiger partial charge in [0, 0.05) is 18.9 Å². The summed E-state index contributed by atoms with van der Waals surface area (Å²) in [5.41, 5.74) is 0.540. The average Bonchev–Trinajstić information content (AvgIpc) is 2.59. The van der Waals surface area contributed by atoms with Crippen LogP contribution >= 0.6 is 0 Å². The molecule has 1 aromatic rings. The van der Waals surface area contributed by atoms with E-state index < -0.39 is 11.9 Å². The molecule has 0 aliphatic rings. The number of hydrogen-bond acceptors (Lipinski definition) is 4. The summed E-state index contributed by atoms with van der Waals surface area (Å²) in [6.45, 7) is 0. The Morgan fingerprint density at radius 3 is 2.40 bits per heavy atom. The second-order valence-corrected chi connectivity index (χ2v) is 3.07. The Morgan fingerprint density at radius 1 is 1.20 bits per heavy atom. The Kier molecular flexibility index (Phi) is 3.84. The number of nitrogens with zero attached hydrogens (tertiary/aromatic N) is 1. The van der Waals surface area contributed by atoms with Gasteiger partial charge in [0.2, 0.25) is 0 Å². The monoisotopic (exact) mass is 213 g/mol. The first-order valence-corrected chi connectivity index (χ1v) is 4.46. The zero-order chi connectivity index (χ0) is 11.3. The van der Waals surface area contributed by atoms with Gasteiger partial charge in [0.15, 0.2) is 0 Å². The van der Waals surface area contributed by atoms with E-state index >= 15 is 0 Å². The van der Waals surface area contributed by atoms with Crippen molar-refractivity contribution in [2.24, 2.45) is 0 Å². The molecule has 0 radical (unpaired) electrons. The molecular formula is C9H11NO5. The Balaban J connectivity index is 2.41. The summed E-state index contributed by atoms with van der Waals surface area (Å²) in [7, 11) is 0. The minimum Gasteiger partial charge on any atom is -0.481 e. The van der Waals surface area contributed by atoms with Gasteiger partial charge in [0.05, 0.1) is 18.5 Å². The third-order valence-electron chi connectivity index (χ3n) is 1.79. The molecule has 0 saturated heterocycles. The molecule has 6 heteroatoms. The van der Waals surface area contributed by atoms with Gasteiger partial charge in [-0.15, -0.1) is 0 Å². The van der Waals surface area contributed by atoms with Gasteiger partial charge in [-0.1, -0.05) is 5.16 Å². The lowest BCUT2D eigenvalue weighted by Gasteiger charge is -1.89. The molecule has 0 saturated carbocycles. The second-order valence-electron chi connectivity index (χ2n) is 3.07. The summed E-state index contributed by atoms with van der Waals surface area (Å²) in [5, 5.41) is 20.5. The highest BCUT2D eigenvalue weighted by atomic mass is 16.5. The fraction of sp³-hybridized carbons (Fsp3) is 0.444. The minimum atomic E-state index is -0.904. The molecule has 0 spiro atoms. The van der Waals surface area contributed by atoms with Crippen LogP contribution in [0.1, 0.15) is 24.3 Å². The Labute approximate surface area is 85.5 Å². The SMILES string of the molecule is O=C(O)CCc1cc(CCC(=O)O)on1. The summed E-state index contributed by atoms with van der Waals surface area (Å²) >= 11 is 0. The van der Waals surface area contributed by atoms with Crippen LogP contribution in [-0.4, -0.2) is 27.3 Å². The highest BCUT2D eigenvalue weighted by Crippen LogP contribution is 2.08. The Hall–Kier alpha value is -1.85. The molecule has 0 unspecified atom stereocenters. The van der Waals surface area contributed by atoms with Crippen molar-refractivity contribution in [2.45, 2.75) is 25.7 Å². The fourth-order valence-corrected chi connectivity index (χ4v) is 1.06. The number of carboxylic acids is 2. The van der Waals surface area contributed by atoms with Crippen molar-refractivity contribution in [1.82, 2.24) is 5.16 Å². The first-order chi connectivity index (χ1) is 7.08. The van der Waals surface area contributed by atoms with Crippen LogP contribution < -0.4 is 0 Å². The van der Waals surface area contributed by atoms with E-state index in [0.717, 1.165) is 0 Å². The summed E-state index contributed by atoms with van der Waals surface area (Å²) in [6.07, 6.45) is 0.541. The molecule has 82 valence electrons. The normalized spacial score (nSPS) is 10.1. The van der Waals surface area contributed by atoms with Crippen LogP contribution in [-0.2, 0) is 22.4 Å². The topological polar surface area (TPSA) is 101 Å². The lowest BCUT2D eigenvalue weighted by Crippen LogP contribution is -1.97. The van der Waals surface area contributed by atoms with E-state index in [-0.39, 0.29) is 19.3 Å². The van der Waals surface area contributed by atoms with E-state index in [1.54, 1.807) is 6.07 Å². The van der Waals surface area contributed by atoms with E-state index in [0.29, 0.717) is 17.9 Å². The molecular weight excluding hydrogens is 202 g/mol. The van der Waals surface area contributed by atoms with Crippen molar-refractivity contribution < 1.29 is 24.3 Å². The van der Waals surface area contributed by atoms with Gasteiger partial charge in [-0.25, -0.2) is 0 Å². The van der Waals surface area contributed by atoms with Gasteiger partial charge in [-0.2, -0.15) is 0 Å². The van der Waals surface area contributed by atoms with Gasteiger partial charge in [0.25, 0.3) is 0 Å². The first kappa shape index (κ1) is 11.2. The maximum atomic E-state index is 10.3. The number of carboxylic acid groups (broad SMARTS) is 2. The Morgan fingerprint density at radius 2 is 1.80 bits per heavy atom. The Bertz CT molecular complexity index is 325. The van der Waals surface area contributed by atoms with Crippen LogP contribution in [0.3, 0.4) is 0 Å². The van der Waals surface area contributed by atoms with Crippen molar-refractivity contribution in [3.8, 4) is 0 Å². The van der Waals surface area contributed by atoms with E-state index in [1.165, 1.54) is 0 Å². The second kappa shape index (κ2) is 5.14. The van der Waals surface area contributed by atoms with Gasteiger partial charge in [-0.05, 0) is 0 Å². The predicted molar refractivity (Wildman–Crippen MR) is 48.4 cm³/mol. The number of hydrogen-bond donors (Lipinski definition) is 2. The number of carbonyl (C=O) groups is 2. The van der Waals surface area contributed by atoms with E-state index in [4.69, 9.17) is 14.7 Å². The number of rotatable bonds is 6. The standard InChI is InChI=1S/C9H11NO5/c11-8(12)3-1-6-5-7(15-10-6)2-4-9(13)14/h5H,1-4H2,(H,11,12)(H,13,14). The number of aryl methyl sites for hydroxylation is 2. The average molecular weight is 213 g/mol. The van der Waals surface area contributed by atoms with Gasteiger partial charge in [0.1, 0.15) is 5.76 Å². The van der Waals surface area contributed by atoms with Crippen molar-refractivity contribution in [2.75, 3.05) is 0 Å². The highest BCUT2D eigenvalue weighted by Gasteiger charge is 2.07. The summed E-state index contributed by atoms with van der Waals surface area (Å²) in [5.74, 6) is -1.33. The molecule has 1 rings (SSSR count). The van der Waals surface area contributed by atoms with Crippen molar-refractivity contribution in [3.05, 3.63) is 17.5 Å². The molecule has 15 heavy (non-hydrogen) atoms. The lowest BCUT2D eigenvalue weighted by atomic mass is 10.2. The lowest BCUT2D eigenvalue weighted by molar-refractivity contribution is -0.138. The molecule has 0 amide bonds. The summed E-state index contributed by atoms with van der Waals surface area (Å²) in [6, 6.07) is 1.59. The van der Waals surface area contributed by atoms with E-state index in [1.807, 2.05) is 0 Å². The highest BCUT2D eigenvalue weighted by molar-refractivity contribution is 5.67. The zero-order valence-corrected chi connectivity index (χ0v) is 7.97. The molecule has 0 aliphatic carbocycles. The van der Waals surface area contributed by atoms with Crippen molar-refractivity contribution in [3.63, 3.8) is 0 Å². The van der Waals surface area contributed by atoms with Gasteiger partial charge >= 0.3 is 11.9 Å². The maximum Gasteiger partial charge on any atom is 0.303 e. The third kappa shape index (κ3) is 4.26. The predicted octanol–water partition coefficient (Wildman–Crippen LogP) is 0.709. The van der Waals surface area contributed by atoms with E-state index in [9.17, 15) is 9.59 Å². The first-order valence-electron chi connectivity index (χ1n) is 4.46. The third-order valence-corrected chi connectivity index (χ3v) is 1.79.